The molecule has 6 nitrogen and oxygen atoms in total. The zero-order chi connectivity index (χ0) is 17.9. The van der Waals surface area contributed by atoms with E-state index in [9.17, 15) is 9.59 Å². The number of hydrogen-bond acceptors (Lipinski definition) is 3. The summed E-state index contributed by atoms with van der Waals surface area (Å²) in [6, 6.07) is 15.5. The number of piperazine rings is 1. The third-order valence-electron chi connectivity index (χ3n) is 5.36. The van der Waals surface area contributed by atoms with E-state index in [1.807, 2.05) is 48.7 Å². The third-order valence-corrected chi connectivity index (χ3v) is 5.36. The van der Waals surface area contributed by atoms with Crippen LogP contribution in [-0.2, 0) is 16.1 Å². The summed E-state index contributed by atoms with van der Waals surface area (Å²) >= 11 is 0. The van der Waals surface area contributed by atoms with Gasteiger partial charge in [0, 0.05) is 6.07 Å². The van der Waals surface area contributed by atoms with Gasteiger partial charge in [-0.1, -0.05) is 36.4 Å². The first-order valence-corrected chi connectivity index (χ1v) is 9.17. The van der Waals surface area contributed by atoms with Crippen molar-refractivity contribution in [3.8, 4) is 0 Å². The molecule has 2 amide bonds. The largest absolute Gasteiger partial charge is 0.318 e. The van der Waals surface area contributed by atoms with E-state index in [2.05, 4.69) is 16.0 Å². The number of H-pyrrole nitrogens is 1. The lowest BCUT2D eigenvalue weighted by Crippen LogP contribution is -3.19. The Bertz CT molecular complexity index is 773. The van der Waals surface area contributed by atoms with Crippen molar-refractivity contribution in [2.75, 3.05) is 31.1 Å². The molecule has 0 radical (unpaired) electrons. The maximum Gasteiger partial charge on any atom is 0.288 e. The average molecular weight is 352 g/mol. The minimum absolute atomic E-state index is 0.0198. The Morgan fingerprint density at radius 3 is 2.42 bits per heavy atom. The van der Waals surface area contributed by atoms with Gasteiger partial charge in [-0.25, -0.2) is 4.98 Å². The van der Waals surface area contributed by atoms with E-state index >= 15 is 0 Å². The SMILES string of the molecule is O=C1C[C@H]([NH+]2CCN(c3cccc[nH+]3)CC2)C(=O)N1Cc1ccccc1. The zero-order valence-electron chi connectivity index (χ0n) is 14.7. The summed E-state index contributed by atoms with van der Waals surface area (Å²) in [5.74, 6) is 1.04. The molecule has 1 aromatic heterocycles. The average Bonchev–Trinajstić information content (AvgIpc) is 2.98. The number of nitrogens with zero attached hydrogens (tertiary/aromatic N) is 2. The summed E-state index contributed by atoms with van der Waals surface area (Å²) in [6.07, 6.45) is 2.26. The quantitative estimate of drug-likeness (QED) is 0.757. The van der Waals surface area contributed by atoms with Gasteiger partial charge in [0.15, 0.2) is 6.04 Å². The molecule has 1 aromatic carbocycles. The molecule has 2 aromatic rings. The number of aromatic amines is 1. The zero-order valence-corrected chi connectivity index (χ0v) is 14.7. The monoisotopic (exact) mass is 352 g/mol. The second-order valence-corrected chi connectivity index (χ2v) is 6.95. The Labute approximate surface area is 153 Å². The number of carbonyl (C=O) groups is 2. The molecule has 2 aliphatic heterocycles. The molecule has 0 spiro atoms. The van der Waals surface area contributed by atoms with Gasteiger partial charge in [0.1, 0.15) is 26.2 Å². The molecule has 3 heterocycles. The number of imide groups is 1. The molecule has 1 atom stereocenters. The van der Waals surface area contributed by atoms with Crippen molar-refractivity contribution >= 4 is 17.6 Å². The standard InChI is InChI=1S/C20H22N4O2/c25-19-14-17(20(26)24(19)15-16-6-2-1-3-7-16)22-10-12-23(13-11-22)18-8-4-5-9-21-18/h1-9,17H,10-15H2/p+2/t17-/m0/s1. The molecular formula is C20H24N4O2+2. The predicted octanol–water partition coefficient (Wildman–Crippen LogP) is -0.467. The van der Waals surface area contributed by atoms with Crippen LogP contribution in [0.3, 0.4) is 0 Å². The molecule has 0 bridgehead atoms. The lowest BCUT2D eigenvalue weighted by Gasteiger charge is -2.31. The van der Waals surface area contributed by atoms with Crippen LogP contribution in [0.5, 0.6) is 0 Å². The highest BCUT2D eigenvalue weighted by molar-refractivity contribution is 6.04. The molecule has 26 heavy (non-hydrogen) atoms. The predicted molar refractivity (Wildman–Crippen MR) is 96.3 cm³/mol. The second-order valence-electron chi connectivity index (χ2n) is 6.95. The van der Waals surface area contributed by atoms with Crippen LogP contribution < -0.4 is 14.8 Å². The Hall–Kier alpha value is -2.73. The number of rotatable bonds is 4. The van der Waals surface area contributed by atoms with Crippen molar-refractivity contribution in [3.05, 3.63) is 60.3 Å². The van der Waals surface area contributed by atoms with Crippen LogP contribution in [0.4, 0.5) is 5.82 Å². The van der Waals surface area contributed by atoms with E-state index < -0.39 is 0 Å². The van der Waals surface area contributed by atoms with Gasteiger partial charge < -0.3 is 4.90 Å². The molecular weight excluding hydrogens is 328 g/mol. The summed E-state index contributed by atoms with van der Waals surface area (Å²) in [7, 11) is 0. The molecule has 2 N–H and O–H groups in total. The Morgan fingerprint density at radius 2 is 1.73 bits per heavy atom. The first-order chi connectivity index (χ1) is 12.7. The summed E-state index contributed by atoms with van der Waals surface area (Å²) in [5.41, 5.74) is 0.995. The van der Waals surface area contributed by atoms with E-state index in [-0.39, 0.29) is 17.9 Å². The van der Waals surface area contributed by atoms with Crippen LogP contribution in [0.1, 0.15) is 12.0 Å². The molecule has 2 saturated heterocycles. The number of carbonyl (C=O) groups excluding carboxylic acids is 2. The molecule has 0 saturated carbocycles. The van der Waals surface area contributed by atoms with Crippen LogP contribution in [0.25, 0.3) is 0 Å². The van der Waals surface area contributed by atoms with Gasteiger partial charge in [0.2, 0.25) is 5.91 Å². The number of amides is 2. The fraction of sp³-hybridized carbons (Fsp3) is 0.350. The number of quaternary nitrogens is 1. The smallest absolute Gasteiger partial charge is 0.288 e. The molecule has 4 rings (SSSR count). The van der Waals surface area contributed by atoms with Crippen molar-refractivity contribution in [1.29, 1.82) is 0 Å². The molecule has 0 unspecified atom stereocenters. The minimum Gasteiger partial charge on any atom is -0.318 e. The van der Waals surface area contributed by atoms with Gasteiger partial charge in [-0.3, -0.25) is 19.4 Å². The van der Waals surface area contributed by atoms with E-state index in [1.54, 1.807) is 0 Å². The summed E-state index contributed by atoms with van der Waals surface area (Å²) in [5, 5.41) is 0. The minimum atomic E-state index is -0.229. The van der Waals surface area contributed by atoms with Gasteiger partial charge in [-0.2, -0.15) is 0 Å². The van der Waals surface area contributed by atoms with Gasteiger partial charge in [-0.15, -0.1) is 0 Å². The van der Waals surface area contributed by atoms with E-state index in [4.69, 9.17) is 0 Å². The van der Waals surface area contributed by atoms with Gasteiger partial charge in [0.25, 0.3) is 11.7 Å². The number of pyridine rings is 1. The second kappa shape index (κ2) is 7.25. The fourth-order valence-corrected chi connectivity index (χ4v) is 3.90. The normalized spacial score (nSPS) is 21.5. The van der Waals surface area contributed by atoms with Crippen molar-refractivity contribution in [3.63, 3.8) is 0 Å². The van der Waals surface area contributed by atoms with E-state index in [0.29, 0.717) is 13.0 Å². The van der Waals surface area contributed by atoms with Crippen molar-refractivity contribution in [1.82, 2.24) is 4.90 Å². The van der Waals surface area contributed by atoms with Crippen molar-refractivity contribution in [2.45, 2.75) is 19.0 Å². The molecule has 0 aliphatic carbocycles. The van der Waals surface area contributed by atoms with E-state index in [1.165, 1.54) is 9.80 Å². The highest BCUT2D eigenvalue weighted by Gasteiger charge is 2.46. The summed E-state index contributed by atoms with van der Waals surface area (Å²) < 4.78 is 0. The summed E-state index contributed by atoms with van der Waals surface area (Å²) in [6.45, 7) is 3.88. The van der Waals surface area contributed by atoms with Crippen LogP contribution in [0.15, 0.2) is 54.7 Å². The maximum absolute atomic E-state index is 12.8. The number of hydrogen-bond donors (Lipinski definition) is 1. The third kappa shape index (κ3) is 3.32. The van der Waals surface area contributed by atoms with Crippen LogP contribution in [-0.4, -0.2) is 48.9 Å². The number of nitrogens with one attached hydrogen (secondary N) is 2. The van der Waals surface area contributed by atoms with Gasteiger partial charge in [-0.05, 0) is 11.6 Å². The highest BCUT2D eigenvalue weighted by Crippen LogP contribution is 2.16. The first kappa shape index (κ1) is 16.7. The maximum atomic E-state index is 12.8. The fourth-order valence-electron chi connectivity index (χ4n) is 3.90. The van der Waals surface area contributed by atoms with Gasteiger partial charge in [0.05, 0.1) is 19.2 Å². The van der Waals surface area contributed by atoms with Crippen molar-refractivity contribution in [2.24, 2.45) is 0 Å². The Kier molecular flexibility index (Phi) is 4.67. The molecule has 2 aliphatic rings. The number of likely N-dealkylation sites (tertiary alicyclic amines) is 1. The lowest BCUT2D eigenvalue weighted by molar-refractivity contribution is -0.915. The van der Waals surface area contributed by atoms with Gasteiger partial charge >= 0.3 is 0 Å². The van der Waals surface area contributed by atoms with Crippen LogP contribution in [0.2, 0.25) is 0 Å². The Morgan fingerprint density at radius 1 is 1.00 bits per heavy atom. The number of benzene rings is 1. The summed E-state index contributed by atoms with van der Waals surface area (Å²) in [4.78, 5) is 33.5. The van der Waals surface area contributed by atoms with Crippen molar-refractivity contribution < 1.29 is 19.5 Å². The number of aromatic nitrogens is 1. The molecule has 2 fully saturated rings. The first-order valence-electron chi connectivity index (χ1n) is 9.17. The number of anilines is 1. The highest BCUT2D eigenvalue weighted by atomic mass is 16.2. The Balaban J connectivity index is 1.38. The van der Waals surface area contributed by atoms with Crippen LogP contribution in [0, 0.1) is 0 Å². The molecule has 134 valence electrons. The lowest BCUT2D eigenvalue weighted by atomic mass is 10.1. The van der Waals surface area contributed by atoms with Crippen LogP contribution >= 0.6 is 0 Å². The topological polar surface area (TPSA) is 59.2 Å². The molecule has 6 heteroatoms. The van der Waals surface area contributed by atoms with E-state index in [0.717, 1.165) is 37.6 Å².